The Bertz CT molecular complexity index is 671. The van der Waals surface area contributed by atoms with E-state index in [-0.39, 0.29) is 11.7 Å². The van der Waals surface area contributed by atoms with Gasteiger partial charge in [0.15, 0.2) is 0 Å². The number of nitrogens with one attached hydrogen (secondary N) is 1. The summed E-state index contributed by atoms with van der Waals surface area (Å²) in [5, 5.41) is 2.69. The highest BCUT2D eigenvalue weighted by Crippen LogP contribution is 2.28. The van der Waals surface area contributed by atoms with Gasteiger partial charge in [-0.05, 0) is 37.6 Å². The van der Waals surface area contributed by atoms with Gasteiger partial charge >= 0.3 is 0 Å². The van der Waals surface area contributed by atoms with Gasteiger partial charge in [0.2, 0.25) is 0 Å². The predicted octanol–water partition coefficient (Wildman–Crippen LogP) is 3.26. The second-order valence-electron chi connectivity index (χ2n) is 4.63. The summed E-state index contributed by atoms with van der Waals surface area (Å²) in [6.07, 6.45) is 0. The van der Waals surface area contributed by atoms with Crippen molar-refractivity contribution in [1.82, 2.24) is 5.32 Å². The summed E-state index contributed by atoms with van der Waals surface area (Å²) in [6, 6.07) is 9.28. The lowest BCUT2D eigenvalue weighted by Crippen LogP contribution is -2.23. The fourth-order valence-electron chi connectivity index (χ4n) is 1.83. The van der Waals surface area contributed by atoms with Crippen molar-refractivity contribution in [2.45, 2.75) is 13.8 Å². The summed E-state index contributed by atoms with van der Waals surface area (Å²) >= 11 is 0. The normalized spacial score (nSPS) is 10.2. The molecule has 0 bridgehead atoms. The van der Waals surface area contributed by atoms with E-state index in [0.29, 0.717) is 34.9 Å². The summed E-state index contributed by atoms with van der Waals surface area (Å²) in [4.78, 5) is 12.0. The minimum Gasteiger partial charge on any atom is -0.456 e. The molecule has 2 rings (SSSR count). The molecule has 110 valence electrons. The summed E-state index contributed by atoms with van der Waals surface area (Å²) in [5.74, 6) is -0.0190. The number of carbonyl (C=O) groups is 1. The number of benzene rings is 2. The molecule has 5 heteroatoms. The quantitative estimate of drug-likeness (QED) is 0.849. The number of anilines is 1. The maximum Gasteiger partial charge on any atom is 0.255 e. The third-order valence-electron chi connectivity index (χ3n) is 2.96. The average Bonchev–Trinajstić information content (AvgIpc) is 2.43. The predicted molar refractivity (Wildman–Crippen MR) is 80.1 cm³/mol. The Balaban J connectivity index is 2.35. The molecule has 0 spiro atoms. The van der Waals surface area contributed by atoms with Crippen molar-refractivity contribution in [3.05, 3.63) is 53.3 Å². The molecule has 0 fully saturated rings. The molecule has 2 aromatic carbocycles. The number of nitrogen functional groups attached to an aromatic ring is 1. The third-order valence-corrected chi connectivity index (χ3v) is 2.96. The van der Waals surface area contributed by atoms with Crippen molar-refractivity contribution < 1.29 is 13.9 Å². The Labute approximate surface area is 122 Å². The topological polar surface area (TPSA) is 64.4 Å². The molecule has 0 atom stereocenters. The maximum atomic E-state index is 13.6. The molecule has 0 aliphatic carbocycles. The molecular weight excluding hydrogens is 271 g/mol. The van der Waals surface area contributed by atoms with Crippen LogP contribution in [0.5, 0.6) is 11.5 Å². The first-order valence-corrected chi connectivity index (χ1v) is 6.63. The van der Waals surface area contributed by atoms with Crippen molar-refractivity contribution >= 4 is 11.6 Å². The standard InChI is InChI=1S/C16H17FN2O2/c1-3-19-16(20)13-7-5-11(18)8-15(13)21-12-6-4-10(2)14(17)9-12/h4-9H,3,18H2,1-2H3,(H,19,20). The SMILES string of the molecule is CCNC(=O)c1ccc(N)cc1Oc1ccc(C)c(F)c1. The van der Waals surface area contributed by atoms with E-state index in [9.17, 15) is 9.18 Å². The lowest BCUT2D eigenvalue weighted by atomic mass is 10.1. The summed E-state index contributed by atoms with van der Waals surface area (Å²) in [6.45, 7) is 3.99. The van der Waals surface area contributed by atoms with Crippen LogP contribution < -0.4 is 15.8 Å². The van der Waals surface area contributed by atoms with E-state index in [4.69, 9.17) is 10.5 Å². The Hall–Kier alpha value is -2.56. The number of ether oxygens (including phenoxy) is 1. The fraction of sp³-hybridized carbons (Fsp3) is 0.188. The van der Waals surface area contributed by atoms with Gasteiger partial charge in [0.1, 0.15) is 17.3 Å². The summed E-state index contributed by atoms with van der Waals surface area (Å²) in [7, 11) is 0. The molecule has 3 N–H and O–H groups in total. The number of amides is 1. The Kier molecular flexibility index (Phi) is 4.42. The molecule has 2 aromatic rings. The van der Waals surface area contributed by atoms with E-state index >= 15 is 0 Å². The lowest BCUT2D eigenvalue weighted by Gasteiger charge is -2.12. The number of hydrogen-bond acceptors (Lipinski definition) is 3. The van der Waals surface area contributed by atoms with E-state index in [0.717, 1.165) is 0 Å². The monoisotopic (exact) mass is 288 g/mol. The van der Waals surface area contributed by atoms with Crippen LogP contribution in [0.15, 0.2) is 36.4 Å². The highest BCUT2D eigenvalue weighted by Gasteiger charge is 2.13. The third kappa shape index (κ3) is 3.51. The van der Waals surface area contributed by atoms with Gasteiger partial charge in [0.25, 0.3) is 5.91 Å². The van der Waals surface area contributed by atoms with Gasteiger partial charge in [-0.2, -0.15) is 0 Å². The number of aryl methyl sites for hydroxylation is 1. The smallest absolute Gasteiger partial charge is 0.255 e. The van der Waals surface area contributed by atoms with E-state index in [1.807, 2.05) is 6.92 Å². The van der Waals surface area contributed by atoms with Gasteiger partial charge in [-0.3, -0.25) is 4.79 Å². The number of nitrogens with two attached hydrogens (primary N) is 1. The molecule has 0 heterocycles. The average molecular weight is 288 g/mol. The summed E-state index contributed by atoms with van der Waals surface area (Å²) < 4.78 is 19.2. The van der Waals surface area contributed by atoms with Gasteiger partial charge in [0.05, 0.1) is 5.56 Å². The van der Waals surface area contributed by atoms with Crippen LogP contribution in [0, 0.1) is 12.7 Å². The highest BCUT2D eigenvalue weighted by molar-refractivity contribution is 5.97. The molecular formula is C16H17FN2O2. The van der Waals surface area contributed by atoms with Crippen LogP contribution in [-0.2, 0) is 0 Å². The van der Waals surface area contributed by atoms with Crippen LogP contribution in [0.2, 0.25) is 0 Å². The first-order valence-electron chi connectivity index (χ1n) is 6.63. The van der Waals surface area contributed by atoms with E-state index < -0.39 is 0 Å². The van der Waals surface area contributed by atoms with E-state index in [1.54, 1.807) is 37.3 Å². The molecule has 0 saturated carbocycles. The molecule has 1 amide bonds. The van der Waals surface area contributed by atoms with Crippen molar-refractivity contribution in [2.24, 2.45) is 0 Å². The molecule has 0 aliphatic heterocycles. The van der Waals surface area contributed by atoms with Gasteiger partial charge in [-0.1, -0.05) is 6.07 Å². The number of halogens is 1. The van der Waals surface area contributed by atoms with Crippen LogP contribution in [0.1, 0.15) is 22.8 Å². The second kappa shape index (κ2) is 6.26. The first kappa shape index (κ1) is 14.8. The largest absolute Gasteiger partial charge is 0.456 e. The minimum absolute atomic E-state index is 0.264. The van der Waals surface area contributed by atoms with Gasteiger partial charge in [-0.25, -0.2) is 4.39 Å². The van der Waals surface area contributed by atoms with Crippen molar-refractivity contribution in [3.8, 4) is 11.5 Å². The van der Waals surface area contributed by atoms with E-state index in [1.165, 1.54) is 6.07 Å². The van der Waals surface area contributed by atoms with Crippen molar-refractivity contribution in [2.75, 3.05) is 12.3 Å². The van der Waals surface area contributed by atoms with E-state index in [2.05, 4.69) is 5.32 Å². The Morgan fingerprint density at radius 3 is 2.71 bits per heavy atom. The maximum absolute atomic E-state index is 13.6. The zero-order chi connectivity index (χ0) is 15.4. The zero-order valence-electron chi connectivity index (χ0n) is 11.9. The highest BCUT2D eigenvalue weighted by atomic mass is 19.1. The van der Waals surface area contributed by atoms with Gasteiger partial charge < -0.3 is 15.8 Å². The second-order valence-corrected chi connectivity index (χ2v) is 4.63. The van der Waals surface area contributed by atoms with Crippen LogP contribution in [0.25, 0.3) is 0 Å². The molecule has 0 aromatic heterocycles. The van der Waals surface area contributed by atoms with Crippen LogP contribution >= 0.6 is 0 Å². The fourth-order valence-corrected chi connectivity index (χ4v) is 1.83. The minimum atomic E-state index is -0.365. The number of carbonyl (C=O) groups excluding carboxylic acids is 1. The van der Waals surface area contributed by atoms with Crippen molar-refractivity contribution in [1.29, 1.82) is 0 Å². The molecule has 0 unspecified atom stereocenters. The summed E-state index contributed by atoms with van der Waals surface area (Å²) in [5.41, 5.74) is 7.07. The first-order chi connectivity index (χ1) is 10.0. The van der Waals surface area contributed by atoms with Gasteiger partial charge in [-0.15, -0.1) is 0 Å². The molecule has 21 heavy (non-hydrogen) atoms. The Morgan fingerprint density at radius 1 is 1.29 bits per heavy atom. The Morgan fingerprint density at radius 2 is 2.05 bits per heavy atom. The molecule has 0 saturated heterocycles. The van der Waals surface area contributed by atoms with Crippen LogP contribution in [0.3, 0.4) is 0 Å². The lowest BCUT2D eigenvalue weighted by molar-refractivity contribution is 0.0953. The van der Waals surface area contributed by atoms with Crippen molar-refractivity contribution in [3.63, 3.8) is 0 Å². The van der Waals surface area contributed by atoms with Crippen LogP contribution in [0.4, 0.5) is 10.1 Å². The molecule has 0 aliphatic rings. The molecule has 4 nitrogen and oxygen atoms in total. The number of hydrogen-bond donors (Lipinski definition) is 2. The molecule has 0 radical (unpaired) electrons. The zero-order valence-corrected chi connectivity index (χ0v) is 11.9. The van der Waals surface area contributed by atoms with Gasteiger partial charge in [0, 0.05) is 24.4 Å². The number of rotatable bonds is 4. The van der Waals surface area contributed by atoms with Crippen LogP contribution in [-0.4, -0.2) is 12.5 Å².